The predicted molar refractivity (Wildman–Crippen MR) is 49.0 cm³/mol. The molecule has 0 unspecified atom stereocenters. The van der Waals surface area contributed by atoms with Gasteiger partial charge in [0.1, 0.15) is 5.52 Å². The van der Waals surface area contributed by atoms with E-state index in [2.05, 4.69) is 4.98 Å². The molecule has 1 heterocycles. The molecule has 66 valence electrons. The molecule has 1 aromatic heterocycles. The van der Waals surface area contributed by atoms with Crippen molar-refractivity contribution in [1.82, 2.24) is 4.98 Å². The van der Waals surface area contributed by atoms with E-state index in [4.69, 9.17) is 16.0 Å². The first-order valence-electron chi connectivity index (χ1n) is 3.72. The third kappa shape index (κ3) is 1.31. The molecule has 2 aromatic rings. The quantitative estimate of drug-likeness (QED) is 0.657. The second-order valence-corrected chi connectivity index (χ2v) is 3.12. The smallest absolute Gasteiger partial charge is 0.182 e. The molecule has 0 aliphatic carbocycles. The second kappa shape index (κ2) is 2.85. The van der Waals surface area contributed by atoms with E-state index in [1.54, 1.807) is 12.1 Å². The summed E-state index contributed by atoms with van der Waals surface area (Å²) in [5, 5.41) is 0.417. The number of halogens is 1. The fourth-order valence-electron chi connectivity index (χ4n) is 1.13. The summed E-state index contributed by atoms with van der Waals surface area (Å²) in [6.07, 6.45) is 1.31. The maximum Gasteiger partial charge on any atom is 0.182 e. The van der Waals surface area contributed by atoms with Crippen molar-refractivity contribution in [2.45, 2.75) is 6.92 Å². The maximum absolute atomic E-state index is 11.0. The van der Waals surface area contributed by atoms with Gasteiger partial charge in [-0.05, 0) is 19.1 Å². The molecule has 3 nitrogen and oxygen atoms in total. The zero-order chi connectivity index (χ0) is 9.42. The fourth-order valence-corrected chi connectivity index (χ4v) is 1.39. The molecule has 0 amide bonds. The fraction of sp³-hybridized carbons (Fsp3) is 0.111. The Hall–Kier alpha value is -1.35. The Morgan fingerprint density at radius 1 is 1.54 bits per heavy atom. The van der Waals surface area contributed by atoms with E-state index >= 15 is 0 Å². The molecule has 0 fully saturated rings. The van der Waals surface area contributed by atoms with E-state index in [1.165, 1.54) is 13.3 Å². The summed E-state index contributed by atoms with van der Waals surface area (Å²) in [6, 6.07) is 3.24. The summed E-state index contributed by atoms with van der Waals surface area (Å²) in [6.45, 7) is 1.48. The van der Waals surface area contributed by atoms with Crippen molar-refractivity contribution in [3.63, 3.8) is 0 Å². The van der Waals surface area contributed by atoms with Gasteiger partial charge in [-0.15, -0.1) is 0 Å². The average Bonchev–Trinajstić information content (AvgIpc) is 2.51. The summed E-state index contributed by atoms with van der Waals surface area (Å²) in [5.41, 5.74) is 1.68. The number of oxazole rings is 1. The number of rotatable bonds is 1. The highest BCUT2D eigenvalue weighted by Gasteiger charge is 2.08. The van der Waals surface area contributed by atoms with Crippen molar-refractivity contribution in [3.8, 4) is 0 Å². The lowest BCUT2D eigenvalue weighted by atomic mass is 10.1. The van der Waals surface area contributed by atoms with Crippen molar-refractivity contribution in [2.75, 3.05) is 0 Å². The molecule has 0 spiro atoms. The highest BCUT2D eigenvalue weighted by Crippen LogP contribution is 2.24. The Kier molecular flexibility index (Phi) is 1.81. The Balaban J connectivity index is 2.77. The van der Waals surface area contributed by atoms with Gasteiger partial charge in [0, 0.05) is 5.56 Å². The molecule has 4 heteroatoms. The van der Waals surface area contributed by atoms with Crippen molar-refractivity contribution in [1.29, 1.82) is 0 Å². The molecule has 0 N–H and O–H groups in total. The molecule has 2 rings (SSSR count). The molecule has 0 saturated heterocycles. The second-order valence-electron chi connectivity index (χ2n) is 2.71. The summed E-state index contributed by atoms with van der Waals surface area (Å²) < 4.78 is 5.03. The largest absolute Gasteiger partial charge is 0.442 e. The standard InChI is InChI=1S/C9H6ClNO2/c1-5(12)6-2-7(10)9-8(3-6)11-4-13-9/h2-4H,1H3. The Morgan fingerprint density at radius 3 is 3.00 bits per heavy atom. The van der Waals surface area contributed by atoms with Gasteiger partial charge in [0.25, 0.3) is 0 Å². The van der Waals surface area contributed by atoms with Gasteiger partial charge in [-0.25, -0.2) is 4.98 Å². The molecule has 13 heavy (non-hydrogen) atoms. The molecule has 0 aliphatic heterocycles. The van der Waals surface area contributed by atoms with Crippen LogP contribution >= 0.6 is 11.6 Å². The molecule has 0 atom stereocenters. The van der Waals surface area contributed by atoms with Gasteiger partial charge in [0.15, 0.2) is 17.8 Å². The van der Waals surface area contributed by atoms with E-state index in [-0.39, 0.29) is 5.78 Å². The number of carbonyl (C=O) groups is 1. The van der Waals surface area contributed by atoms with Crippen LogP contribution in [-0.4, -0.2) is 10.8 Å². The van der Waals surface area contributed by atoms with Gasteiger partial charge in [0.2, 0.25) is 0 Å². The van der Waals surface area contributed by atoms with E-state index in [0.29, 0.717) is 21.7 Å². The Bertz CT molecular complexity index is 475. The van der Waals surface area contributed by atoms with Gasteiger partial charge >= 0.3 is 0 Å². The van der Waals surface area contributed by atoms with Gasteiger partial charge in [-0.1, -0.05) is 11.6 Å². The summed E-state index contributed by atoms with van der Waals surface area (Å²) in [4.78, 5) is 15.0. The number of aromatic nitrogens is 1. The van der Waals surface area contributed by atoms with E-state index < -0.39 is 0 Å². The van der Waals surface area contributed by atoms with Crippen LogP contribution in [-0.2, 0) is 0 Å². The maximum atomic E-state index is 11.0. The molecule has 0 aliphatic rings. The summed E-state index contributed by atoms with van der Waals surface area (Å²) in [5.74, 6) is -0.0354. The van der Waals surface area contributed by atoms with Crippen molar-refractivity contribution >= 4 is 28.5 Å². The zero-order valence-electron chi connectivity index (χ0n) is 6.87. The molecular formula is C9H6ClNO2. The van der Waals surface area contributed by atoms with E-state index in [1.807, 2.05) is 0 Å². The molecule has 0 radical (unpaired) electrons. The number of ketones is 1. The molecular weight excluding hydrogens is 190 g/mol. The molecule has 0 saturated carbocycles. The zero-order valence-corrected chi connectivity index (χ0v) is 7.63. The third-order valence-electron chi connectivity index (χ3n) is 1.79. The highest BCUT2D eigenvalue weighted by molar-refractivity contribution is 6.35. The number of hydrogen-bond donors (Lipinski definition) is 0. The minimum absolute atomic E-state index is 0.0354. The first kappa shape index (κ1) is 8.26. The lowest BCUT2D eigenvalue weighted by molar-refractivity contribution is 0.101. The first-order chi connectivity index (χ1) is 6.18. The summed E-state index contributed by atoms with van der Waals surface area (Å²) in [7, 11) is 0. The van der Waals surface area contributed by atoms with Crippen LogP contribution in [0, 0.1) is 0 Å². The van der Waals surface area contributed by atoms with Crippen LogP contribution in [0.1, 0.15) is 17.3 Å². The number of nitrogens with zero attached hydrogens (tertiary/aromatic N) is 1. The number of fused-ring (bicyclic) bond motifs is 1. The van der Waals surface area contributed by atoms with Crippen LogP contribution in [0.4, 0.5) is 0 Å². The number of benzene rings is 1. The number of Topliss-reactive ketones (excluding diaryl/α,β-unsaturated/α-hetero) is 1. The summed E-state index contributed by atoms with van der Waals surface area (Å²) >= 11 is 5.86. The molecule has 1 aromatic carbocycles. The Morgan fingerprint density at radius 2 is 2.31 bits per heavy atom. The number of carbonyl (C=O) groups excluding carboxylic acids is 1. The van der Waals surface area contributed by atoms with Crippen LogP contribution in [0.15, 0.2) is 22.9 Å². The minimum Gasteiger partial charge on any atom is -0.442 e. The van der Waals surface area contributed by atoms with E-state index in [9.17, 15) is 4.79 Å². The molecule has 0 bridgehead atoms. The van der Waals surface area contributed by atoms with Crippen molar-refractivity contribution < 1.29 is 9.21 Å². The van der Waals surface area contributed by atoms with Gasteiger partial charge in [0.05, 0.1) is 5.02 Å². The average molecular weight is 196 g/mol. The first-order valence-corrected chi connectivity index (χ1v) is 4.10. The van der Waals surface area contributed by atoms with Gasteiger partial charge in [-0.3, -0.25) is 4.79 Å². The monoisotopic (exact) mass is 195 g/mol. The third-order valence-corrected chi connectivity index (χ3v) is 2.07. The van der Waals surface area contributed by atoms with Gasteiger partial charge in [-0.2, -0.15) is 0 Å². The highest BCUT2D eigenvalue weighted by atomic mass is 35.5. The Labute approximate surface area is 79.3 Å². The van der Waals surface area contributed by atoms with Crippen LogP contribution in [0.25, 0.3) is 11.1 Å². The lowest BCUT2D eigenvalue weighted by Gasteiger charge is -1.96. The normalized spacial score (nSPS) is 10.6. The van der Waals surface area contributed by atoms with Crippen LogP contribution in [0.5, 0.6) is 0 Å². The van der Waals surface area contributed by atoms with Crippen molar-refractivity contribution in [3.05, 3.63) is 29.1 Å². The minimum atomic E-state index is -0.0354. The van der Waals surface area contributed by atoms with Crippen molar-refractivity contribution in [2.24, 2.45) is 0 Å². The van der Waals surface area contributed by atoms with Crippen LogP contribution < -0.4 is 0 Å². The SMILES string of the molecule is CC(=O)c1cc(Cl)c2ocnc2c1. The lowest BCUT2D eigenvalue weighted by Crippen LogP contribution is -1.91. The van der Waals surface area contributed by atoms with Gasteiger partial charge < -0.3 is 4.42 Å². The number of hydrogen-bond acceptors (Lipinski definition) is 3. The van der Waals surface area contributed by atoms with E-state index in [0.717, 1.165) is 0 Å². The topological polar surface area (TPSA) is 43.1 Å². The van der Waals surface area contributed by atoms with Crippen LogP contribution in [0.3, 0.4) is 0 Å². The predicted octanol–water partition coefficient (Wildman–Crippen LogP) is 2.68. The van der Waals surface area contributed by atoms with Crippen LogP contribution in [0.2, 0.25) is 5.02 Å².